The lowest BCUT2D eigenvalue weighted by Crippen LogP contribution is -2.54. The molecule has 0 aromatic heterocycles. The highest BCUT2D eigenvalue weighted by Gasteiger charge is 2.48. The van der Waals surface area contributed by atoms with Crippen molar-refractivity contribution in [2.75, 3.05) is 11.9 Å². The van der Waals surface area contributed by atoms with E-state index < -0.39 is 11.5 Å². The summed E-state index contributed by atoms with van der Waals surface area (Å²) in [4.78, 5) is 25.5. The molecule has 1 unspecified atom stereocenters. The Bertz CT molecular complexity index is 550. The third-order valence-electron chi connectivity index (χ3n) is 4.19. The summed E-state index contributed by atoms with van der Waals surface area (Å²) in [5, 5.41) is 12.3. The van der Waals surface area contributed by atoms with Crippen LogP contribution < -0.4 is 5.32 Å². The number of anilines is 1. The maximum Gasteiger partial charge on any atom is 0.329 e. The van der Waals surface area contributed by atoms with E-state index in [4.69, 9.17) is 0 Å². The first kappa shape index (κ1) is 15.4. The predicted molar refractivity (Wildman–Crippen MR) is 81.5 cm³/mol. The van der Waals surface area contributed by atoms with Gasteiger partial charge in [-0.25, -0.2) is 9.59 Å². The molecule has 1 aromatic carbocycles. The molecule has 0 spiro atoms. The lowest BCUT2D eigenvalue weighted by Gasteiger charge is -2.33. The maximum atomic E-state index is 12.5. The molecule has 114 valence electrons. The van der Waals surface area contributed by atoms with E-state index in [1.807, 2.05) is 39.0 Å². The molecule has 2 amide bonds. The van der Waals surface area contributed by atoms with Gasteiger partial charge in [0.1, 0.15) is 5.54 Å². The first-order valence-corrected chi connectivity index (χ1v) is 7.29. The minimum Gasteiger partial charge on any atom is -0.479 e. The highest BCUT2D eigenvalue weighted by atomic mass is 16.4. The molecule has 5 nitrogen and oxygen atoms in total. The number of carbonyl (C=O) groups is 2. The van der Waals surface area contributed by atoms with Crippen LogP contribution in [0.15, 0.2) is 18.2 Å². The smallest absolute Gasteiger partial charge is 0.329 e. The van der Waals surface area contributed by atoms with Crippen molar-refractivity contribution in [3.05, 3.63) is 29.3 Å². The van der Waals surface area contributed by atoms with Crippen LogP contribution in [0.2, 0.25) is 0 Å². The van der Waals surface area contributed by atoms with Gasteiger partial charge in [-0.3, -0.25) is 0 Å². The Morgan fingerprint density at radius 2 is 1.90 bits per heavy atom. The Balaban J connectivity index is 2.21. The zero-order chi connectivity index (χ0) is 15.6. The fourth-order valence-electron chi connectivity index (χ4n) is 3.15. The molecule has 1 aromatic rings. The largest absolute Gasteiger partial charge is 0.479 e. The topological polar surface area (TPSA) is 69.6 Å². The average molecular weight is 290 g/mol. The normalized spacial score (nSPS) is 21.4. The number of aryl methyl sites for hydroxylation is 2. The van der Waals surface area contributed by atoms with Gasteiger partial charge in [0.25, 0.3) is 0 Å². The zero-order valence-corrected chi connectivity index (χ0v) is 12.8. The molecule has 1 atom stereocenters. The van der Waals surface area contributed by atoms with E-state index in [-0.39, 0.29) is 6.03 Å². The third kappa shape index (κ3) is 2.86. The number of aliphatic carboxylic acids is 1. The van der Waals surface area contributed by atoms with Crippen molar-refractivity contribution >= 4 is 17.7 Å². The minimum atomic E-state index is -1.07. The lowest BCUT2D eigenvalue weighted by molar-refractivity contribution is -0.148. The Hall–Kier alpha value is -2.04. The van der Waals surface area contributed by atoms with Crippen molar-refractivity contribution < 1.29 is 14.7 Å². The second-order valence-electron chi connectivity index (χ2n) is 5.75. The number of rotatable bonds is 3. The standard InChI is InChI=1S/C16H22N2O3/c1-4-16(14(19)20)6-5-7-18(16)15(21)17-13-9-11(2)8-12(3)10-13/h8-10H,4-7H2,1-3H3,(H,17,21)(H,19,20). The molecule has 0 saturated carbocycles. The number of benzene rings is 1. The Morgan fingerprint density at radius 1 is 1.29 bits per heavy atom. The molecule has 1 saturated heterocycles. The summed E-state index contributed by atoms with van der Waals surface area (Å²) in [5.74, 6) is -0.918. The molecule has 2 rings (SSSR count). The number of nitrogens with one attached hydrogen (secondary N) is 1. The fourth-order valence-corrected chi connectivity index (χ4v) is 3.15. The Kier molecular flexibility index (Phi) is 4.21. The Morgan fingerprint density at radius 3 is 2.43 bits per heavy atom. The molecule has 1 aliphatic rings. The molecule has 21 heavy (non-hydrogen) atoms. The second kappa shape index (κ2) is 5.76. The van der Waals surface area contributed by atoms with Crippen LogP contribution in [0.1, 0.15) is 37.3 Å². The van der Waals surface area contributed by atoms with Crippen molar-refractivity contribution in [3.8, 4) is 0 Å². The molecule has 1 heterocycles. The molecule has 0 bridgehead atoms. The van der Waals surface area contributed by atoms with E-state index in [0.717, 1.165) is 17.5 Å². The summed E-state index contributed by atoms with van der Waals surface area (Å²) in [6, 6.07) is 5.46. The van der Waals surface area contributed by atoms with Gasteiger partial charge in [-0.1, -0.05) is 13.0 Å². The van der Waals surface area contributed by atoms with E-state index in [1.54, 1.807) is 0 Å². The number of urea groups is 1. The highest BCUT2D eigenvalue weighted by Crippen LogP contribution is 2.33. The van der Waals surface area contributed by atoms with E-state index in [9.17, 15) is 14.7 Å². The monoisotopic (exact) mass is 290 g/mol. The number of likely N-dealkylation sites (tertiary alicyclic amines) is 1. The minimum absolute atomic E-state index is 0.332. The molecule has 0 radical (unpaired) electrons. The van der Waals surface area contributed by atoms with Crippen LogP contribution in [0.3, 0.4) is 0 Å². The second-order valence-corrected chi connectivity index (χ2v) is 5.75. The van der Waals surface area contributed by atoms with Crippen LogP contribution in [-0.2, 0) is 4.79 Å². The van der Waals surface area contributed by atoms with Gasteiger partial charge in [0, 0.05) is 12.2 Å². The number of amides is 2. The van der Waals surface area contributed by atoms with Crippen molar-refractivity contribution in [2.24, 2.45) is 0 Å². The molecular weight excluding hydrogens is 268 g/mol. The zero-order valence-electron chi connectivity index (χ0n) is 12.8. The number of nitrogens with zero attached hydrogens (tertiary/aromatic N) is 1. The van der Waals surface area contributed by atoms with Gasteiger partial charge in [0.15, 0.2) is 0 Å². The summed E-state index contributed by atoms with van der Waals surface area (Å²) in [6.07, 6.45) is 1.65. The Labute approximate surface area is 125 Å². The van der Waals surface area contributed by atoms with Gasteiger partial charge in [-0.2, -0.15) is 0 Å². The first-order valence-electron chi connectivity index (χ1n) is 7.29. The molecule has 1 fully saturated rings. The molecule has 2 N–H and O–H groups in total. The quantitative estimate of drug-likeness (QED) is 0.898. The van der Waals surface area contributed by atoms with Crippen LogP contribution in [0.25, 0.3) is 0 Å². The number of carboxylic acids is 1. The average Bonchev–Trinajstić information content (AvgIpc) is 2.82. The summed E-state index contributed by atoms with van der Waals surface area (Å²) >= 11 is 0. The number of carbonyl (C=O) groups excluding carboxylic acids is 1. The van der Waals surface area contributed by atoms with Crippen molar-refractivity contribution in [1.29, 1.82) is 0 Å². The van der Waals surface area contributed by atoms with Gasteiger partial charge in [0.05, 0.1) is 0 Å². The van der Waals surface area contributed by atoms with Gasteiger partial charge < -0.3 is 15.3 Å². The van der Waals surface area contributed by atoms with Crippen LogP contribution in [0.4, 0.5) is 10.5 Å². The van der Waals surface area contributed by atoms with Crippen molar-refractivity contribution in [1.82, 2.24) is 4.90 Å². The van der Waals surface area contributed by atoms with Gasteiger partial charge in [0.2, 0.25) is 0 Å². The van der Waals surface area contributed by atoms with Crippen LogP contribution in [-0.4, -0.2) is 34.1 Å². The van der Waals surface area contributed by atoms with E-state index >= 15 is 0 Å². The maximum absolute atomic E-state index is 12.5. The number of carboxylic acid groups (broad SMARTS) is 1. The van der Waals surface area contributed by atoms with E-state index in [2.05, 4.69) is 5.32 Å². The third-order valence-corrected chi connectivity index (χ3v) is 4.19. The van der Waals surface area contributed by atoms with Crippen LogP contribution >= 0.6 is 0 Å². The lowest BCUT2D eigenvalue weighted by atomic mass is 9.93. The SMILES string of the molecule is CCC1(C(=O)O)CCCN1C(=O)Nc1cc(C)cc(C)c1. The molecule has 1 aliphatic heterocycles. The van der Waals surface area contributed by atoms with Gasteiger partial charge in [-0.15, -0.1) is 0 Å². The van der Waals surface area contributed by atoms with E-state index in [1.165, 1.54) is 4.90 Å². The van der Waals surface area contributed by atoms with Crippen molar-refractivity contribution in [3.63, 3.8) is 0 Å². The summed E-state index contributed by atoms with van der Waals surface area (Å²) in [5.41, 5.74) is 1.77. The molecule has 0 aliphatic carbocycles. The molecule has 5 heteroatoms. The van der Waals surface area contributed by atoms with Crippen LogP contribution in [0, 0.1) is 13.8 Å². The van der Waals surface area contributed by atoms with Gasteiger partial charge in [-0.05, 0) is 56.4 Å². The first-order chi connectivity index (χ1) is 9.89. The summed E-state index contributed by atoms with van der Waals surface area (Å²) in [7, 11) is 0. The highest BCUT2D eigenvalue weighted by molar-refractivity contribution is 5.94. The number of hydrogen-bond donors (Lipinski definition) is 2. The van der Waals surface area contributed by atoms with Crippen LogP contribution in [0.5, 0.6) is 0 Å². The number of hydrogen-bond acceptors (Lipinski definition) is 2. The van der Waals surface area contributed by atoms with Gasteiger partial charge >= 0.3 is 12.0 Å². The summed E-state index contributed by atoms with van der Waals surface area (Å²) < 4.78 is 0. The van der Waals surface area contributed by atoms with E-state index in [0.29, 0.717) is 25.1 Å². The fraction of sp³-hybridized carbons (Fsp3) is 0.500. The summed E-state index contributed by atoms with van der Waals surface area (Å²) in [6.45, 7) is 6.23. The predicted octanol–water partition coefficient (Wildman–Crippen LogP) is 3.16. The van der Waals surface area contributed by atoms with Crippen molar-refractivity contribution in [2.45, 2.75) is 45.6 Å². The molecular formula is C16H22N2O3.